The van der Waals surface area contributed by atoms with E-state index in [0.717, 1.165) is 44.2 Å². The maximum absolute atomic E-state index is 13.0. The first-order valence-corrected chi connectivity index (χ1v) is 9.53. The molecule has 0 atom stereocenters. The Hall–Kier alpha value is -2.04. The highest BCUT2D eigenvalue weighted by Gasteiger charge is 2.22. The topological polar surface area (TPSA) is 32.8 Å². The number of benzene rings is 2. The van der Waals surface area contributed by atoms with Crippen LogP contribution in [0.25, 0.3) is 0 Å². The van der Waals surface area contributed by atoms with Crippen LogP contribution in [0.15, 0.2) is 48.5 Å². The van der Waals surface area contributed by atoms with Gasteiger partial charge in [-0.05, 0) is 43.2 Å². The molecule has 1 fully saturated rings. The van der Waals surface area contributed by atoms with Gasteiger partial charge in [-0.25, -0.2) is 0 Å². The first-order valence-electron chi connectivity index (χ1n) is 9.15. The number of hydrogen-bond acceptors (Lipinski definition) is 3. The van der Waals surface area contributed by atoms with Crippen molar-refractivity contribution >= 4 is 17.5 Å². The zero-order valence-corrected chi connectivity index (χ0v) is 15.9. The molecule has 0 bridgehead atoms. The molecule has 0 N–H and O–H groups in total. The van der Waals surface area contributed by atoms with Crippen LogP contribution in [0.4, 0.5) is 0 Å². The van der Waals surface area contributed by atoms with Crippen LogP contribution in [0.3, 0.4) is 0 Å². The summed E-state index contributed by atoms with van der Waals surface area (Å²) in [6.45, 7) is 6.73. The Morgan fingerprint density at radius 3 is 2.58 bits per heavy atom. The Morgan fingerprint density at radius 2 is 1.81 bits per heavy atom. The van der Waals surface area contributed by atoms with Gasteiger partial charge in [-0.15, -0.1) is 0 Å². The molecule has 0 saturated carbocycles. The number of amides is 1. The summed E-state index contributed by atoms with van der Waals surface area (Å²) < 4.78 is 5.62. The lowest BCUT2D eigenvalue weighted by atomic mass is 10.1. The van der Waals surface area contributed by atoms with Crippen molar-refractivity contribution in [2.75, 3.05) is 32.8 Å². The number of carbonyl (C=O) groups is 1. The van der Waals surface area contributed by atoms with E-state index in [1.165, 1.54) is 5.56 Å². The number of halogens is 1. The summed E-state index contributed by atoms with van der Waals surface area (Å²) in [6, 6.07) is 15.5. The summed E-state index contributed by atoms with van der Waals surface area (Å²) in [7, 11) is 0. The average Bonchev–Trinajstić information content (AvgIpc) is 2.89. The van der Waals surface area contributed by atoms with Gasteiger partial charge in [-0.1, -0.05) is 35.9 Å². The maximum atomic E-state index is 13.0. The van der Waals surface area contributed by atoms with E-state index >= 15 is 0 Å². The van der Waals surface area contributed by atoms with Crippen LogP contribution in [-0.2, 0) is 6.54 Å². The third-order valence-electron chi connectivity index (χ3n) is 4.61. The zero-order valence-electron chi connectivity index (χ0n) is 15.2. The zero-order chi connectivity index (χ0) is 18.4. The second-order valence-electron chi connectivity index (χ2n) is 6.48. The summed E-state index contributed by atoms with van der Waals surface area (Å²) in [6.07, 6.45) is 0.968. The van der Waals surface area contributed by atoms with Gasteiger partial charge in [0.25, 0.3) is 5.91 Å². The fraction of sp³-hybridized carbons (Fsp3) is 0.381. The van der Waals surface area contributed by atoms with Gasteiger partial charge in [0.2, 0.25) is 0 Å². The number of ether oxygens (including phenoxy) is 1. The third-order valence-corrected chi connectivity index (χ3v) is 4.86. The van der Waals surface area contributed by atoms with Crippen LogP contribution in [0.5, 0.6) is 5.75 Å². The minimum Gasteiger partial charge on any atom is -0.493 e. The average molecular weight is 373 g/mol. The number of carbonyl (C=O) groups excluding carboxylic acids is 1. The van der Waals surface area contributed by atoms with E-state index in [1.54, 1.807) is 0 Å². The largest absolute Gasteiger partial charge is 0.493 e. The highest BCUT2D eigenvalue weighted by Crippen LogP contribution is 2.21. The van der Waals surface area contributed by atoms with Crippen molar-refractivity contribution in [2.45, 2.75) is 19.9 Å². The van der Waals surface area contributed by atoms with Crippen molar-refractivity contribution in [1.29, 1.82) is 0 Å². The van der Waals surface area contributed by atoms with E-state index in [-0.39, 0.29) is 5.91 Å². The monoisotopic (exact) mass is 372 g/mol. The van der Waals surface area contributed by atoms with E-state index in [2.05, 4.69) is 17.0 Å². The second-order valence-corrected chi connectivity index (χ2v) is 6.91. The van der Waals surface area contributed by atoms with E-state index in [9.17, 15) is 4.79 Å². The second kappa shape index (κ2) is 9.06. The van der Waals surface area contributed by atoms with Crippen molar-refractivity contribution in [1.82, 2.24) is 9.80 Å². The van der Waals surface area contributed by atoms with Gasteiger partial charge in [-0.2, -0.15) is 0 Å². The highest BCUT2D eigenvalue weighted by atomic mass is 35.5. The molecule has 0 aliphatic carbocycles. The quantitative estimate of drug-likeness (QED) is 0.792. The predicted octanol–water partition coefficient (Wildman–Crippen LogP) is 4.09. The SMILES string of the molecule is CCOc1ccccc1C(=O)N1CCCN(Cc2ccc(Cl)cc2)CC1. The van der Waals surface area contributed by atoms with Crippen molar-refractivity contribution in [2.24, 2.45) is 0 Å². The lowest BCUT2D eigenvalue weighted by molar-refractivity contribution is 0.0757. The van der Waals surface area contributed by atoms with Gasteiger partial charge in [0.05, 0.1) is 12.2 Å². The van der Waals surface area contributed by atoms with E-state index in [4.69, 9.17) is 16.3 Å². The lowest BCUT2D eigenvalue weighted by Crippen LogP contribution is -2.35. The smallest absolute Gasteiger partial charge is 0.257 e. The standard InChI is InChI=1S/C21H25ClN2O2/c1-2-26-20-7-4-3-6-19(20)21(25)24-13-5-12-23(14-15-24)16-17-8-10-18(22)11-9-17/h3-4,6-11H,2,5,12-16H2,1H3. The first-order chi connectivity index (χ1) is 12.7. The van der Waals surface area contributed by atoms with Gasteiger partial charge in [0.15, 0.2) is 0 Å². The maximum Gasteiger partial charge on any atom is 0.257 e. The van der Waals surface area contributed by atoms with Gasteiger partial charge in [0.1, 0.15) is 5.75 Å². The molecule has 1 aliphatic heterocycles. The molecular weight excluding hydrogens is 348 g/mol. The van der Waals surface area contributed by atoms with E-state index in [0.29, 0.717) is 17.9 Å². The molecule has 0 unspecified atom stereocenters. The molecule has 3 rings (SSSR count). The molecule has 2 aromatic carbocycles. The Labute approximate surface area is 160 Å². The molecular formula is C21H25ClN2O2. The van der Waals surface area contributed by atoms with Crippen molar-refractivity contribution in [3.63, 3.8) is 0 Å². The van der Waals surface area contributed by atoms with Crippen LogP contribution < -0.4 is 4.74 Å². The minimum absolute atomic E-state index is 0.0578. The van der Waals surface area contributed by atoms with Crippen LogP contribution in [0.2, 0.25) is 5.02 Å². The third kappa shape index (κ3) is 4.77. The Bertz CT molecular complexity index is 733. The van der Waals surface area contributed by atoms with Crippen LogP contribution in [0.1, 0.15) is 29.3 Å². The molecule has 1 amide bonds. The summed E-state index contributed by atoms with van der Waals surface area (Å²) in [5.74, 6) is 0.727. The molecule has 138 valence electrons. The molecule has 5 heteroatoms. The summed E-state index contributed by atoms with van der Waals surface area (Å²) in [5, 5.41) is 0.759. The molecule has 0 aromatic heterocycles. The van der Waals surface area contributed by atoms with Gasteiger partial charge in [-0.3, -0.25) is 9.69 Å². The number of rotatable bonds is 5. The minimum atomic E-state index is 0.0578. The Balaban J connectivity index is 1.63. The number of para-hydroxylation sites is 1. The number of hydrogen-bond donors (Lipinski definition) is 0. The van der Waals surface area contributed by atoms with E-state index in [1.807, 2.05) is 48.2 Å². The fourth-order valence-electron chi connectivity index (χ4n) is 3.28. The summed E-state index contributed by atoms with van der Waals surface area (Å²) >= 11 is 5.96. The molecule has 2 aromatic rings. The lowest BCUT2D eigenvalue weighted by Gasteiger charge is -2.23. The fourth-order valence-corrected chi connectivity index (χ4v) is 3.40. The van der Waals surface area contributed by atoms with Gasteiger partial charge in [0, 0.05) is 37.7 Å². The van der Waals surface area contributed by atoms with Crippen molar-refractivity contribution in [3.05, 3.63) is 64.7 Å². The van der Waals surface area contributed by atoms with Crippen molar-refractivity contribution in [3.8, 4) is 5.75 Å². The van der Waals surface area contributed by atoms with Crippen molar-refractivity contribution < 1.29 is 9.53 Å². The summed E-state index contributed by atoms with van der Waals surface area (Å²) in [4.78, 5) is 17.3. The number of nitrogens with zero attached hydrogens (tertiary/aromatic N) is 2. The van der Waals surface area contributed by atoms with Gasteiger partial charge < -0.3 is 9.64 Å². The van der Waals surface area contributed by atoms with E-state index < -0.39 is 0 Å². The molecule has 0 spiro atoms. The van der Waals surface area contributed by atoms with Gasteiger partial charge >= 0.3 is 0 Å². The molecule has 1 saturated heterocycles. The highest BCUT2D eigenvalue weighted by molar-refractivity contribution is 6.30. The first kappa shape index (κ1) is 18.7. The normalized spacial score (nSPS) is 15.5. The molecule has 0 radical (unpaired) electrons. The molecule has 1 aliphatic rings. The molecule has 4 nitrogen and oxygen atoms in total. The molecule has 26 heavy (non-hydrogen) atoms. The predicted molar refractivity (Wildman–Crippen MR) is 105 cm³/mol. The Kier molecular flexibility index (Phi) is 6.53. The van der Waals surface area contributed by atoms with Crippen LogP contribution in [0, 0.1) is 0 Å². The Morgan fingerprint density at radius 1 is 1.04 bits per heavy atom. The van der Waals surface area contributed by atoms with Crippen LogP contribution in [-0.4, -0.2) is 48.5 Å². The summed E-state index contributed by atoms with van der Waals surface area (Å²) in [5.41, 5.74) is 1.90. The van der Waals surface area contributed by atoms with Crippen LogP contribution >= 0.6 is 11.6 Å². The molecule has 1 heterocycles.